The van der Waals surface area contributed by atoms with Gasteiger partial charge in [0.25, 0.3) is 0 Å². The third kappa shape index (κ3) is 2.33. The summed E-state index contributed by atoms with van der Waals surface area (Å²) in [7, 11) is 2.17. The van der Waals surface area contributed by atoms with Gasteiger partial charge >= 0.3 is 0 Å². The standard InChI is InChI=1S/C16H20BrN5/c1-21-13-6-3-2-5-12(13)20-15(21)14-7-4-8-22(14)16-18-9-11(17)10-19-16/h9-10,14H,2-8H2,1H3/t14-/m0/s1. The predicted octanol–water partition coefficient (Wildman–Crippen LogP) is 3.19. The molecule has 0 amide bonds. The molecule has 4 rings (SSSR count). The molecule has 0 N–H and O–H groups in total. The minimum atomic E-state index is 0.303. The summed E-state index contributed by atoms with van der Waals surface area (Å²) in [5.74, 6) is 2.00. The fraction of sp³-hybridized carbons (Fsp3) is 0.562. The Kier molecular flexibility index (Phi) is 3.64. The van der Waals surface area contributed by atoms with Gasteiger partial charge in [-0.3, -0.25) is 0 Å². The van der Waals surface area contributed by atoms with E-state index in [1.54, 1.807) is 0 Å². The van der Waals surface area contributed by atoms with Crippen LogP contribution in [-0.2, 0) is 19.9 Å². The van der Waals surface area contributed by atoms with Crippen LogP contribution in [0, 0.1) is 0 Å². The molecule has 1 atom stereocenters. The minimum absolute atomic E-state index is 0.303. The van der Waals surface area contributed by atoms with Crippen LogP contribution in [0.15, 0.2) is 16.9 Å². The van der Waals surface area contributed by atoms with E-state index in [1.807, 2.05) is 12.4 Å². The first kappa shape index (κ1) is 14.2. The van der Waals surface area contributed by atoms with E-state index in [1.165, 1.54) is 42.9 Å². The molecule has 5 nitrogen and oxygen atoms in total. The van der Waals surface area contributed by atoms with Crippen LogP contribution >= 0.6 is 15.9 Å². The molecule has 1 saturated heterocycles. The Morgan fingerprint density at radius 1 is 1.14 bits per heavy atom. The summed E-state index contributed by atoms with van der Waals surface area (Å²) >= 11 is 3.40. The second kappa shape index (κ2) is 5.65. The Bertz CT molecular complexity index is 679. The number of hydrogen-bond donors (Lipinski definition) is 0. The largest absolute Gasteiger partial charge is 0.333 e. The van der Waals surface area contributed by atoms with Crippen LogP contribution in [0.5, 0.6) is 0 Å². The first-order valence-corrected chi connectivity index (χ1v) is 8.82. The van der Waals surface area contributed by atoms with Gasteiger partial charge in [-0.2, -0.15) is 0 Å². The number of aromatic nitrogens is 4. The van der Waals surface area contributed by atoms with Gasteiger partial charge in [-0.25, -0.2) is 15.0 Å². The van der Waals surface area contributed by atoms with E-state index in [4.69, 9.17) is 4.98 Å². The number of rotatable bonds is 2. The number of imidazole rings is 1. The summed E-state index contributed by atoms with van der Waals surface area (Å²) in [4.78, 5) is 16.2. The van der Waals surface area contributed by atoms with Crippen molar-refractivity contribution in [1.82, 2.24) is 19.5 Å². The van der Waals surface area contributed by atoms with E-state index in [-0.39, 0.29) is 0 Å². The van der Waals surface area contributed by atoms with Crippen LogP contribution in [0.1, 0.15) is 48.9 Å². The van der Waals surface area contributed by atoms with Gasteiger partial charge in [0.05, 0.1) is 16.2 Å². The molecule has 2 aromatic heterocycles. The number of anilines is 1. The summed E-state index contributed by atoms with van der Waals surface area (Å²) in [5, 5.41) is 0. The van der Waals surface area contributed by atoms with Crippen molar-refractivity contribution in [3.8, 4) is 0 Å². The van der Waals surface area contributed by atoms with Crippen molar-refractivity contribution in [2.24, 2.45) is 7.05 Å². The normalized spacial score (nSPS) is 21.2. The van der Waals surface area contributed by atoms with Crippen LogP contribution in [0.25, 0.3) is 0 Å². The molecule has 116 valence electrons. The second-order valence-corrected chi connectivity index (χ2v) is 7.10. The van der Waals surface area contributed by atoms with Gasteiger partial charge in [-0.1, -0.05) is 0 Å². The van der Waals surface area contributed by atoms with Crippen molar-refractivity contribution >= 4 is 21.9 Å². The van der Waals surface area contributed by atoms with E-state index in [2.05, 4.69) is 42.4 Å². The average Bonchev–Trinajstić information content (AvgIpc) is 3.13. The molecule has 2 aromatic rings. The molecule has 0 unspecified atom stereocenters. The molecule has 2 aliphatic rings. The monoisotopic (exact) mass is 361 g/mol. The summed E-state index contributed by atoms with van der Waals surface area (Å²) in [6, 6.07) is 0.303. The van der Waals surface area contributed by atoms with Crippen LogP contribution < -0.4 is 4.90 Å². The van der Waals surface area contributed by atoms with Gasteiger partial charge in [0, 0.05) is 31.7 Å². The first-order valence-electron chi connectivity index (χ1n) is 8.02. The lowest BCUT2D eigenvalue weighted by atomic mass is 10.0. The van der Waals surface area contributed by atoms with E-state index in [9.17, 15) is 0 Å². The van der Waals surface area contributed by atoms with Gasteiger partial charge in [0.15, 0.2) is 0 Å². The summed E-state index contributed by atoms with van der Waals surface area (Å²) < 4.78 is 3.25. The lowest BCUT2D eigenvalue weighted by Crippen LogP contribution is -2.26. The minimum Gasteiger partial charge on any atom is -0.333 e. The zero-order chi connectivity index (χ0) is 15.1. The van der Waals surface area contributed by atoms with E-state index >= 15 is 0 Å². The van der Waals surface area contributed by atoms with Crippen LogP contribution in [0.3, 0.4) is 0 Å². The van der Waals surface area contributed by atoms with Gasteiger partial charge in [0.2, 0.25) is 5.95 Å². The molecular weight excluding hydrogens is 342 g/mol. The summed E-state index contributed by atoms with van der Waals surface area (Å²) in [5.41, 5.74) is 2.75. The lowest BCUT2D eigenvalue weighted by molar-refractivity contribution is 0.604. The van der Waals surface area contributed by atoms with Crippen molar-refractivity contribution < 1.29 is 0 Å². The van der Waals surface area contributed by atoms with Crippen LogP contribution in [-0.4, -0.2) is 26.1 Å². The average molecular weight is 362 g/mol. The van der Waals surface area contributed by atoms with Gasteiger partial charge in [-0.15, -0.1) is 0 Å². The maximum atomic E-state index is 4.98. The summed E-state index contributed by atoms with van der Waals surface area (Å²) in [6.07, 6.45) is 10.8. The van der Waals surface area contributed by atoms with Crippen LogP contribution in [0.2, 0.25) is 0 Å². The van der Waals surface area contributed by atoms with Crippen molar-refractivity contribution in [3.05, 3.63) is 34.1 Å². The Morgan fingerprint density at radius 2 is 1.91 bits per heavy atom. The molecule has 3 heterocycles. The molecule has 6 heteroatoms. The van der Waals surface area contributed by atoms with E-state index in [0.717, 1.165) is 29.8 Å². The highest BCUT2D eigenvalue weighted by Crippen LogP contribution is 2.35. The maximum Gasteiger partial charge on any atom is 0.225 e. The molecule has 0 radical (unpaired) electrons. The summed E-state index contributed by atoms with van der Waals surface area (Å²) in [6.45, 7) is 1.00. The first-order chi connectivity index (χ1) is 10.7. The number of hydrogen-bond acceptors (Lipinski definition) is 4. The molecule has 0 aromatic carbocycles. The molecule has 0 bridgehead atoms. The van der Waals surface area contributed by atoms with Gasteiger partial charge in [-0.05, 0) is 54.5 Å². The molecule has 1 aliphatic carbocycles. The zero-order valence-electron chi connectivity index (χ0n) is 12.8. The number of halogens is 1. The molecule has 22 heavy (non-hydrogen) atoms. The highest BCUT2D eigenvalue weighted by atomic mass is 79.9. The van der Waals surface area contributed by atoms with Crippen molar-refractivity contribution in [3.63, 3.8) is 0 Å². The molecule has 0 saturated carbocycles. The maximum absolute atomic E-state index is 4.98. The lowest BCUT2D eigenvalue weighted by Gasteiger charge is -2.24. The molecule has 1 aliphatic heterocycles. The second-order valence-electron chi connectivity index (χ2n) is 6.18. The smallest absolute Gasteiger partial charge is 0.225 e. The predicted molar refractivity (Wildman–Crippen MR) is 88.9 cm³/mol. The Hall–Kier alpha value is -1.43. The highest BCUT2D eigenvalue weighted by Gasteiger charge is 2.32. The van der Waals surface area contributed by atoms with Gasteiger partial charge in [0.1, 0.15) is 5.82 Å². The van der Waals surface area contributed by atoms with Crippen molar-refractivity contribution in [1.29, 1.82) is 0 Å². The SMILES string of the molecule is Cn1c([C@@H]2CCCN2c2ncc(Br)cn2)nc2c1CCCC2. The molecular formula is C16H20BrN5. The van der Waals surface area contributed by atoms with Crippen molar-refractivity contribution in [2.75, 3.05) is 11.4 Å². The van der Waals surface area contributed by atoms with Crippen molar-refractivity contribution in [2.45, 2.75) is 44.6 Å². The fourth-order valence-corrected chi connectivity index (χ4v) is 3.94. The van der Waals surface area contributed by atoms with E-state index in [0.29, 0.717) is 6.04 Å². The topological polar surface area (TPSA) is 46.8 Å². The Labute approximate surface area is 138 Å². The van der Waals surface area contributed by atoms with E-state index < -0.39 is 0 Å². The molecule has 0 spiro atoms. The third-order valence-corrected chi connectivity index (χ3v) is 5.23. The van der Waals surface area contributed by atoms with Crippen LogP contribution in [0.4, 0.5) is 5.95 Å². The highest BCUT2D eigenvalue weighted by molar-refractivity contribution is 9.10. The zero-order valence-corrected chi connectivity index (χ0v) is 14.4. The number of fused-ring (bicyclic) bond motifs is 1. The Morgan fingerprint density at radius 3 is 2.68 bits per heavy atom. The number of aryl methyl sites for hydroxylation is 1. The molecule has 1 fully saturated rings. The fourth-order valence-electron chi connectivity index (χ4n) is 3.73. The van der Waals surface area contributed by atoms with Gasteiger partial charge < -0.3 is 9.47 Å². The number of nitrogens with zero attached hydrogens (tertiary/aromatic N) is 5. The quantitative estimate of drug-likeness (QED) is 0.823. The third-order valence-electron chi connectivity index (χ3n) is 4.82. The Balaban J connectivity index is 1.69.